The number of hydrogen-bond donors (Lipinski definition) is 0. The highest BCUT2D eigenvalue weighted by Gasteiger charge is 2.45. The molecule has 3 aliphatic rings. The Morgan fingerprint density at radius 2 is 1.90 bits per heavy atom. The summed E-state index contributed by atoms with van der Waals surface area (Å²) in [5, 5.41) is 0. The Morgan fingerprint density at radius 3 is 2.66 bits per heavy atom. The molecule has 5 heteroatoms. The Balaban J connectivity index is 1.23. The molecule has 1 saturated carbocycles. The molecule has 2 unspecified atom stereocenters. The molecular formula is C24H28N2O3. The van der Waals surface area contributed by atoms with Crippen molar-refractivity contribution in [1.29, 1.82) is 0 Å². The predicted molar refractivity (Wildman–Crippen MR) is 111 cm³/mol. The van der Waals surface area contributed by atoms with Crippen LogP contribution in [0.2, 0.25) is 0 Å². The van der Waals surface area contributed by atoms with Crippen molar-refractivity contribution in [2.75, 3.05) is 26.3 Å². The number of ether oxygens (including phenoxy) is 2. The van der Waals surface area contributed by atoms with Crippen molar-refractivity contribution < 1.29 is 14.3 Å². The molecule has 1 spiro atoms. The van der Waals surface area contributed by atoms with Crippen LogP contribution in [0.3, 0.4) is 0 Å². The summed E-state index contributed by atoms with van der Waals surface area (Å²) < 4.78 is 12.3. The number of pyridine rings is 1. The van der Waals surface area contributed by atoms with Gasteiger partial charge in [0.1, 0.15) is 0 Å². The fraction of sp³-hybridized carbons (Fsp3) is 0.500. The lowest BCUT2D eigenvalue weighted by Crippen LogP contribution is -2.50. The third-order valence-electron chi connectivity index (χ3n) is 6.41. The molecule has 0 radical (unpaired) electrons. The lowest BCUT2D eigenvalue weighted by molar-refractivity contribution is -0.0464. The van der Waals surface area contributed by atoms with Crippen LogP contribution in [-0.4, -0.2) is 53.8 Å². The molecule has 1 amide bonds. The van der Waals surface area contributed by atoms with Crippen LogP contribution in [0, 0.1) is 5.92 Å². The quantitative estimate of drug-likeness (QED) is 0.773. The molecule has 1 aromatic carbocycles. The zero-order valence-electron chi connectivity index (χ0n) is 16.8. The molecule has 152 valence electrons. The smallest absolute Gasteiger partial charge is 0.253 e. The largest absolute Gasteiger partial charge is 0.375 e. The van der Waals surface area contributed by atoms with E-state index in [9.17, 15) is 4.79 Å². The van der Waals surface area contributed by atoms with Gasteiger partial charge in [0.05, 0.1) is 24.9 Å². The first-order chi connectivity index (χ1) is 14.2. The molecule has 2 saturated heterocycles. The van der Waals surface area contributed by atoms with Gasteiger partial charge >= 0.3 is 0 Å². The van der Waals surface area contributed by atoms with Gasteiger partial charge in [0, 0.05) is 37.5 Å². The number of aromatic nitrogens is 1. The fourth-order valence-electron chi connectivity index (χ4n) is 4.55. The number of rotatable bonds is 5. The van der Waals surface area contributed by atoms with E-state index in [1.54, 1.807) is 12.4 Å². The Kier molecular flexibility index (Phi) is 5.10. The van der Waals surface area contributed by atoms with E-state index in [-0.39, 0.29) is 17.6 Å². The number of carbonyl (C=O) groups excluding carboxylic acids is 1. The van der Waals surface area contributed by atoms with Crippen LogP contribution in [0.4, 0.5) is 0 Å². The van der Waals surface area contributed by atoms with E-state index >= 15 is 0 Å². The maximum Gasteiger partial charge on any atom is 0.253 e. The lowest BCUT2D eigenvalue weighted by atomic mass is 9.89. The summed E-state index contributed by atoms with van der Waals surface area (Å²) in [5.74, 6) is 0.863. The predicted octanol–water partition coefficient (Wildman–Crippen LogP) is 3.94. The van der Waals surface area contributed by atoms with Gasteiger partial charge in [-0.15, -0.1) is 0 Å². The van der Waals surface area contributed by atoms with E-state index in [4.69, 9.17) is 9.47 Å². The maximum atomic E-state index is 13.1. The molecule has 0 bridgehead atoms. The Bertz CT molecular complexity index is 850. The van der Waals surface area contributed by atoms with Gasteiger partial charge in [-0.05, 0) is 67.0 Å². The minimum absolute atomic E-state index is 0.0938. The van der Waals surface area contributed by atoms with Gasteiger partial charge in [0.25, 0.3) is 5.91 Å². The highest BCUT2D eigenvalue weighted by Crippen LogP contribution is 2.37. The number of piperidine rings is 1. The molecule has 5 nitrogen and oxygen atoms in total. The number of benzene rings is 1. The second-order valence-corrected chi connectivity index (χ2v) is 8.74. The second kappa shape index (κ2) is 7.88. The van der Waals surface area contributed by atoms with Crippen LogP contribution in [0.1, 0.15) is 42.5 Å². The first-order valence-corrected chi connectivity index (χ1v) is 10.8. The molecule has 2 aromatic rings. The SMILES string of the molecule is O=C(c1ccc(-c2ccncc2)cc1)N1CCCC2(CC(OCC3CC3)CO2)C1. The molecule has 0 N–H and O–H groups in total. The Hall–Kier alpha value is -2.24. The van der Waals surface area contributed by atoms with Crippen molar-refractivity contribution in [1.82, 2.24) is 9.88 Å². The third kappa shape index (κ3) is 4.21. The van der Waals surface area contributed by atoms with Gasteiger partial charge in [-0.1, -0.05) is 12.1 Å². The molecule has 29 heavy (non-hydrogen) atoms. The van der Waals surface area contributed by atoms with Crippen molar-refractivity contribution in [3.63, 3.8) is 0 Å². The average Bonchev–Trinajstić information content (AvgIpc) is 3.54. The molecule has 2 aliphatic heterocycles. The van der Waals surface area contributed by atoms with Crippen LogP contribution in [-0.2, 0) is 9.47 Å². The highest BCUT2D eigenvalue weighted by atomic mass is 16.6. The summed E-state index contributed by atoms with van der Waals surface area (Å²) in [6.07, 6.45) is 9.27. The molecular weight excluding hydrogens is 364 g/mol. The number of likely N-dealkylation sites (tertiary alicyclic amines) is 1. The van der Waals surface area contributed by atoms with Gasteiger partial charge in [-0.2, -0.15) is 0 Å². The van der Waals surface area contributed by atoms with Crippen LogP contribution in [0.25, 0.3) is 11.1 Å². The topological polar surface area (TPSA) is 51.7 Å². The van der Waals surface area contributed by atoms with E-state index in [1.165, 1.54) is 12.8 Å². The van der Waals surface area contributed by atoms with E-state index in [0.29, 0.717) is 13.2 Å². The minimum atomic E-state index is -0.223. The number of hydrogen-bond acceptors (Lipinski definition) is 4. The normalized spacial score (nSPS) is 26.8. The standard InChI is InChI=1S/C24H28N2O3/c27-23(21-6-4-19(5-7-21)20-8-11-25-12-9-20)26-13-1-10-24(17-26)14-22(16-29-24)28-15-18-2-3-18/h4-9,11-12,18,22H,1-3,10,13-17H2. The van der Waals surface area contributed by atoms with Crippen molar-refractivity contribution in [3.8, 4) is 11.1 Å². The maximum absolute atomic E-state index is 13.1. The van der Waals surface area contributed by atoms with Gasteiger partial charge in [0.15, 0.2) is 0 Å². The van der Waals surface area contributed by atoms with Crippen LogP contribution >= 0.6 is 0 Å². The zero-order chi connectivity index (χ0) is 19.7. The summed E-state index contributed by atoms with van der Waals surface area (Å²) in [5.41, 5.74) is 2.71. The third-order valence-corrected chi connectivity index (χ3v) is 6.41. The highest BCUT2D eigenvalue weighted by molar-refractivity contribution is 5.94. The van der Waals surface area contributed by atoms with Crippen molar-refractivity contribution >= 4 is 5.91 Å². The average molecular weight is 392 g/mol. The van der Waals surface area contributed by atoms with Crippen LogP contribution < -0.4 is 0 Å². The second-order valence-electron chi connectivity index (χ2n) is 8.74. The molecule has 2 atom stereocenters. The van der Waals surface area contributed by atoms with Gasteiger partial charge in [0.2, 0.25) is 0 Å². The number of amides is 1. The summed E-state index contributed by atoms with van der Waals surface area (Å²) in [7, 11) is 0. The summed E-state index contributed by atoms with van der Waals surface area (Å²) in [6.45, 7) is 3.00. The fourth-order valence-corrected chi connectivity index (χ4v) is 4.55. The summed E-state index contributed by atoms with van der Waals surface area (Å²) in [4.78, 5) is 19.1. The van der Waals surface area contributed by atoms with Crippen molar-refractivity contribution in [3.05, 3.63) is 54.4 Å². The zero-order valence-corrected chi connectivity index (χ0v) is 16.8. The molecule has 3 heterocycles. The first-order valence-electron chi connectivity index (χ1n) is 10.8. The molecule has 1 aliphatic carbocycles. The lowest BCUT2D eigenvalue weighted by Gasteiger charge is -2.39. The van der Waals surface area contributed by atoms with Gasteiger partial charge < -0.3 is 14.4 Å². The minimum Gasteiger partial charge on any atom is -0.375 e. The van der Waals surface area contributed by atoms with Crippen molar-refractivity contribution in [2.45, 2.75) is 43.8 Å². The molecule has 5 rings (SSSR count). The van der Waals surface area contributed by atoms with E-state index in [1.807, 2.05) is 41.3 Å². The van der Waals surface area contributed by atoms with Gasteiger partial charge in [-0.25, -0.2) is 0 Å². The summed E-state index contributed by atoms with van der Waals surface area (Å²) in [6, 6.07) is 11.8. The molecule has 1 aromatic heterocycles. The van der Waals surface area contributed by atoms with E-state index in [0.717, 1.165) is 55.0 Å². The number of nitrogens with zero attached hydrogens (tertiary/aromatic N) is 2. The van der Waals surface area contributed by atoms with E-state index in [2.05, 4.69) is 4.98 Å². The van der Waals surface area contributed by atoms with Crippen molar-refractivity contribution in [2.24, 2.45) is 5.92 Å². The van der Waals surface area contributed by atoms with Crippen LogP contribution in [0.5, 0.6) is 0 Å². The Labute approximate surface area is 172 Å². The first kappa shape index (κ1) is 18.8. The van der Waals surface area contributed by atoms with Gasteiger partial charge in [-0.3, -0.25) is 9.78 Å². The van der Waals surface area contributed by atoms with Crippen LogP contribution in [0.15, 0.2) is 48.8 Å². The molecule has 3 fully saturated rings. The number of carbonyl (C=O) groups is 1. The summed E-state index contributed by atoms with van der Waals surface area (Å²) >= 11 is 0. The van der Waals surface area contributed by atoms with E-state index < -0.39 is 0 Å². The Morgan fingerprint density at radius 1 is 1.14 bits per heavy atom. The monoisotopic (exact) mass is 392 g/mol.